The van der Waals surface area contributed by atoms with Gasteiger partial charge in [0, 0.05) is 30.3 Å². The van der Waals surface area contributed by atoms with Crippen LogP contribution in [0.25, 0.3) is 0 Å². The zero-order chi connectivity index (χ0) is 14.6. The Morgan fingerprint density at radius 1 is 1.25 bits per heavy atom. The Kier molecular flexibility index (Phi) is 4.49. The van der Waals surface area contributed by atoms with Gasteiger partial charge in [0.05, 0.1) is 14.2 Å². The molecule has 5 heteroatoms. The molecule has 0 unspecified atom stereocenters. The molecule has 0 spiro atoms. The Morgan fingerprint density at radius 3 is 2.25 bits per heavy atom. The van der Waals surface area contributed by atoms with Gasteiger partial charge in [-0.1, -0.05) is 6.42 Å². The maximum Gasteiger partial charge on any atom is 0.224 e. The monoisotopic (exact) mass is 278 g/mol. The molecule has 0 bridgehead atoms. The van der Waals surface area contributed by atoms with Crippen LogP contribution in [-0.4, -0.2) is 26.7 Å². The number of ether oxygens (including phenoxy) is 2. The summed E-state index contributed by atoms with van der Waals surface area (Å²) in [7, 11) is 3.16. The van der Waals surface area contributed by atoms with Crippen molar-refractivity contribution in [1.29, 1.82) is 0 Å². The van der Waals surface area contributed by atoms with Gasteiger partial charge in [0.2, 0.25) is 5.91 Å². The second kappa shape index (κ2) is 6.13. The van der Waals surface area contributed by atoms with Crippen LogP contribution in [0, 0.1) is 5.41 Å². The van der Waals surface area contributed by atoms with Crippen molar-refractivity contribution in [2.75, 3.05) is 26.1 Å². The number of anilines is 1. The quantitative estimate of drug-likeness (QED) is 0.836. The first-order chi connectivity index (χ1) is 9.60. The van der Waals surface area contributed by atoms with E-state index in [0.29, 0.717) is 30.2 Å². The van der Waals surface area contributed by atoms with Crippen molar-refractivity contribution in [1.82, 2.24) is 0 Å². The largest absolute Gasteiger partial charge is 0.497 e. The first-order valence-electron chi connectivity index (χ1n) is 6.84. The number of rotatable bonds is 6. The molecule has 20 heavy (non-hydrogen) atoms. The summed E-state index contributed by atoms with van der Waals surface area (Å²) in [5.41, 5.74) is 6.47. The van der Waals surface area contributed by atoms with E-state index in [-0.39, 0.29) is 11.3 Å². The van der Waals surface area contributed by atoms with Gasteiger partial charge >= 0.3 is 0 Å². The average molecular weight is 278 g/mol. The summed E-state index contributed by atoms with van der Waals surface area (Å²) in [5.74, 6) is 1.29. The minimum absolute atomic E-state index is 0.00698. The highest BCUT2D eigenvalue weighted by Gasteiger charge is 2.37. The topological polar surface area (TPSA) is 73.6 Å². The van der Waals surface area contributed by atoms with E-state index in [4.69, 9.17) is 15.2 Å². The number of carbonyl (C=O) groups excluding carboxylic acids is 1. The van der Waals surface area contributed by atoms with Gasteiger partial charge in [0.1, 0.15) is 11.5 Å². The Labute approximate surface area is 119 Å². The number of nitrogens with one attached hydrogen (secondary N) is 1. The van der Waals surface area contributed by atoms with Crippen molar-refractivity contribution in [2.24, 2.45) is 11.1 Å². The second-order valence-electron chi connectivity index (χ2n) is 5.38. The molecule has 1 saturated carbocycles. The number of methoxy groups -OCH3 is 2. The predicted octanol–water partition coefficient (Wildman–Crippen LogP) is 2.16. The molecule has 1 aliphatic carbocycles. The van der Waals surface area contributed by atoms with Crippen molar-refractivity contribution in [3.8, 4) is 11.5 Å². The molecule has 110 valence electrons. The lowest BCUT2D eigenvalue weighted by Gasteiger charge is -2.40. The van der Waals surface area contributed by atoms with Gasteiger partial charge < -0.3 is 20.5 Å². The van der Waals surface area contributed by atoms with Crippen LogP contribution in [0.15, 0.2) is 18.2 Å². The van der Waals surface area contributed by atoms with E-state index in [0.717, 1.165) is 19.3 Å². The summed E-state index contributed by atoms with van der Waals surface area (Å²) >= 11 is 0. The Bertz CT molecular complexity index is 456. The number of hydrogen-bond donors (Lipinski definition) is 2. The normalized spacial score (nSPS) is 16.1. The summed E-state index contributed by atoms with van der Waals surface area (Å²) in [6.45, 7) is 0.571. The van der Waals surface area contributed by atoms with Gasteiger partial charge in [-0.2, -0.15) is 0 Å². The summed E-state index contributed by atoms with van der Waals surface area (Å²) in [6, 6.07) is 5.32. The minimum atomic E-state index is -0.00884. The predicted molar refractivity (Wildman–Crippen MR) is 78.1 cm³/mol. The van der Waals surface area contributed by atoms with Gasteiger partial charge in [-0.25, -0.2) is 0 Å². The molecule has 0 saturated heterocycles. The van der Waals surface area contributed by atoms with Crippen LogP contribution in [0.5, 0.6) is 11.5 Å². The maximum absolute atomic E-state index is 12.1. The first-order valence-corrected chi connectivity index (χ1v) is 6.84. The summed E-state index contributed by atoms with van der Waals surface area (Å²) < 4.78 is 10.4. The Balaban J connectivity index is 2.03. The van der Waals surface area contributed by atoms with E-state index in [1.54, 1.807) is 32.4 Å². The highest BCUT2D eigenvalue weighted by Crippen LogP contribution is 2.43. The molecule has 1 amide bonds. The summed E-state index contributed by atoms with van der Waals surface area (Å²) in [4.78, 5) is 12.1. The molecular weight excluding hydrogens is 256 g/mol. The van der Waals surface area contributed by atoms with Gasteiger partial charge in [0.15, 0.2) is 0 Å². The fourth-order valence-corrected chi connectivity index (χ4v) is 2.56. The molecule has 0 radical (unpaired) electrons. The van der Waals surface area contributed by atoms with Crippen molar-refractivity contribution >= 4 is 11.6 Å². The summed E-state index contributed by atoms with van der Waals surface area (Å²) in [6.07, 6.45) is 3.72. The zero-order valence-electron chi connectivity index (χ0n) is 12.1. The van der Waals surface area contributed by atoms with Gasteiger partial charge in [-0.15, -0.1) is 0 Å². The van der Waals surface area contributed by atoms with E-state index >= 15 is 0 Å². The molecule has 5 nitrogen and oxygen atoms in total. The van der Waals surface area contributed by atoms with Crippen LogP contribution in [-0.2, 0) is 4.79 Å². The van der Waals surface area contributed by atoms with Crippen LogP contribution in [0.2, 0.25) is 0 Å². The molecule has 0 heterocycles. The van der Waals surface area contributed by atoms with Gasteiger partial charge in [-0.3, -0.25) is 4.79 Å². The van der Waals surface area contributed by atoms with Crippen LogP contribution in [0.4, 0.5) is 5.69 Å². The van der Waals surface area contributed by atoms with Gasteiger partial charge in [0.25, 0.3) is 0 Å². The van der Waals surface area contributed by atoms with Crippen LogP contribution >= 0.6 is 0 Å². The van der Waals surface area contributed by atoms with Crippen molar-refractivity contribution in [3.63, 3.8) is 0 Å². The maximum atomic E-state index is 12.1. The standard InChI is InChI=1S/C15H22N2O3/c1-19-12-6-11(7-13(8-12)20-2)17-14(18)9-15(10-16)4-3-5-15/h6-8H,3-5,9-10,16H2,1-2H3,(H,17,18). The van der Waals surface area contributed by atoms with Crippen molar-refractivity contribution in [3.05, 3.63) is 18.2 Å². The second-order valence-corrected chi connectivity index (χ2v) is 5.38. The van der Waals surface area contributed by atoms with E-state index in [1.807, 2.05) is 0 Å². The average Bonchev–Trinajstić information content (AvgIpc) is 2.42. The summed E-state index contributed by atoms with van der Waals surface area (Å²) in [5, 5.41) is 2.90. The van der Waals surface area contributed by atoms with Crippen LogP contribution in [0.1, 0.15) is 25.7 Å². The van der Waals surface area contributed by atoms with E-state index in [2.05, 4.69) is 5.32 Å². The fourth-order valence-electron chi connectivity index (χ4n) is 2.56. The highest BCUT2D eigenvalue weighted by atomic mass is 16.5. The van der Waals surface area contributed by atoms with Crippen LogP contribution < -0.4 is 20.5 Å². The molecule has 0 aliphatic heterocycles. The molecule has 0 atom stereocenters. The minimum Gasteiger partial charge on any atom is -0.497 e. The molecule has 1 aromatic carbocycles. The first kappa shape index (κ1) is 14.7. The zero-order valence-corrected chi connectivity index (χ0v) is 12.1. The van der Waals surface area contributed by atoms with E-state index < -0.39 is 0 Å². The number of nitrogens with two attached hydrogens (primary N) is 1. The lowest BCUT2D eigenvalue weighted by Crippen LogP contribution is -2.40. The molecule has 1 aliphatic rings. The SMILES string of the molecule is COc1cc(NC(=O)CC2(CN)CCC2)cc(OC)c1. The highest BCUT2D eigenvalue weighted by molar-refractivity contribution is 5.91. The molecular formula is C15H22N2O3. The third kappa shape index (κ3) is 3.22. The third-order valence-corrected chi connectivity index (χ3v) is 4.02. The van der Waals surface area contributed by atoms with Crippen molar-refractivity contribution in [2.45, 2.75) is 25.7 Å². The number of carbonyl (C=O) groups is 1. The van der Waals surface area contributed by atoms with Crippen LogP contribution in [0.3, 0.4) is 0 Å². The Morgan fingerprint density at radius 2 is 1.85 bits per heavy atom. The number of hydrogen-bond acceptors (Lipinski definition) is 4. The van der Waals surface area contributed by atoms with E-state index in [1.165, 1.54) is 0 Å². The molecule has 3 N–H and O–H groups in total. The fraction of sp³-hybridized carbons (Fsp3) is 0.533. The van der Waals surface area contributed by atoms with Crippen molar-refractivity contribution < 1.29 is 14.3 Å². The third-order valence-electron chi connectivity index (χ3n) is 4.02. The molecule has 1 aromatic rings. The smallest absolute Gasteiger partial charge is 0.224 e. The molecule has 2 rings (SSSR count). The lowest BCUT2D eigenvalue weighted by atomic mass is 9.66. The number of benzene rings is 1. The molecule has 1 fully saturated rings. The van der Waals surface area contributed by atoms with E-state index in [9.17, 15) is 4.79 Å². The van der Waals surface area contributed by atoms with Gasteiger partial charge in [-0.05, 0) is 24.8 Å². The Hall–Kier alpha value is -1.75. The molecule has 0 aromatic heterocycles. The lowest BCUT2D eigenvalue weighted by molar-refractivity contribution is -0.119. The number of amides is 1.